The first-order valence-electron chi connectivity index (χ1n) is 9.59. The van der Waals surface area contributed by atoms with E-state index in [1.807, 2.05) is 71.6 Å². The highest BCUT2D eigenvalue weighted by Gasteiger charge is 2.15. The van der Waals surface area contributed by atoms with Gasteiger partial charge in [-0.15, -0.1) is 0 Å². The van der Waals surface area contributed by atoms with Crippen molar-refractivity contribution in [3.05, 3.63) is 72.4 Å². The molecule has 0 atom stereocenters. The van der Waals surface area contributed by atoms with Crippen LogP contribution in [0.4, 0.5) is 0 Å². The Bertz CT molecular complexity index is 988. The minimum absolute atomic E-state index is 0.0126. The second-order valence-corrected chi connectivity index (χ2v) is 6.71. The fourth-order valence-corrected chi connectivity index (χ4v) is 3.25. The van der Waals surface area contributed by atoms with Crippen LogP contribution in [0, 0.1) is 0 Å². The normalized spacial score (nSPS) is 14.3. The number of para-hydroxylation sites is 1. The molecule has 1 aliphatic heterocycles. The Morgan fingerprint density at radius 3 is 2.48 bits per heavy atom. The average Bonchev–Trinajstić information content (AvgIpc) is 3.23. The molecule has 0 unspecified atom stereocenters. The van der Waals surface area contributed by atoms with E-state index < -0.39 is 0 Å². The molecule has 6 heteroatoms. The van der Waals surface area contributed by atoms with Crippen molar-refractivity contribution in [2.45, 2.75) is 0 Å². The summed E-state index contributed by atoms with van der Waals surface area (Å²) >= 11 is 0. The van der Waals surface area contributed by atoms with Gasteiger partial charge in [0, 0.05) is 36.5 Å². The lowest BCUT2D eigenvalue weighted by molar-refractivity contribution is -0.129. The van der Waals surface area contributed by atoms with Crippen LogP contribution in [0.25, 0.3) is 23.0 Å². The molecule has 148 valence electrons. The Labute approximate surface area is 170 Å². The molecule has 0 saturated carbocycles. The molecule has 0 spiro atoms. The van der Waals surface area contributed by atoms with Crippen LogP contribution >= 0.6 is 0 Å². The fourth-order valence-electron chi connectivity index (χ4n) is 3.25. The first-order valence-corrected chi connectivity index (χ1v) is 9.59. The van der Waals surface area contributed by atoms with Crippen LogP contribution in [0.5, 0.6) is 5.75 Å². The fraction of sp³-hybridized carbons (Fsp3) is 0.217. The van der Waals surface area contributed by atoms with E-state index in [4.69, 9.17) is 14.6 Å². The zero-order chi connectivity index (χ0) is 20.1. The SMILES string of the molecule is COc1ccc(-c2nn(-c3ccccc3)cc2/C=C/C(=O)N2CCOCC2)cc1. The number of nitrogens with zero attached hydrogens (tertiary/aromatic N) is 3. The first kappa shape index (κ1) is 19.0. The summed E-state index contributed by atoms with van der Waals surface area (Å²) in [7, 11) is 1.64. The van der Waals surface area contributed by atoms with Crippen LogP contribution in [-0.2, 0) is 9.53 Å². The molecule has 0 N–H and O–H groups in total. The van der Waals surface area contributed by atoms with E-state index in [2.05, 4.69) is 0 Å². The van der Waals surface area contributed by atoms with Gasteiger partial charge < -0.3 is 14.4 Å². The third kappa shape index (κ3) is 4.38. The van der Waals surface area contributed by atoms with Gasteiger partial charge in [-0.05, 0) is 42.5 Å². The summed E-state index contributed by atoms with van der Waals surface area (Å²) < 4.78 is 12.4. The molecule has 0 radical (unpaired) electrons. The van der Waals surface area contributed by atoms with Crippen molar-refractivity contribution in [2.75, 3.05) is 33.4 Å². The van der Waals surface area contributed by atoms with Gasteiger partial charge in [-0.2, -0.15) is 5.10 Å². The van der Waals surface area contributed by atoms with Gasteiger partial charge >= 0.3 is 0 Å². The number of rotatable bonds is 5. The van der Waals surface area contributed by atoms with E-state index in [0.717, 1.165) is 28.3 Å². The molecule has 1 aromatic heterocycles. The Hall–Kier alpha value is -3.38. The molecule has 4 rings (SSSR count). The molecule has 1 fully saturated rings. The van der Waals surface area contributed by atoms with Crippen molar-refractivity contribution in [1.82, 2.24) is 14.7 Å². The molecule has 3 aromatic rings. The summed E-state index contributed by atoms with van der Waals surface area (Å²) in [6.07, 6.45) is 5.40. The van der Waals surface area contributed by atoms with Gasteiger partial charge in [0.15, 0.2) is 0 Å². The minimum atomic E-state index is -0.0126. The maximum atomic E-state index is 12.5. The van der Waals surface area contributed by atoms with E-state index >= 15 is 0 Å². The summed E-state index contributed by atoms with van der Waals surface area (Å²) in [4.78, 5) is 14.3. The lowest BCUT2D eigenvalue weighted by Gasteiger charge is -2.25. The van der Waals surface area contributed by atoms with Gasteiger partial charge in [-0.1, -0.05) is 18.2 Å². The smallest absolute Gasteiger partial charge is 0.246 e. The van der Waals surface area contributed by atoms with Gasteiger partial charge in [0.25, 0.3) is 0 Å². The molecule has 0 bridgehead atoms. The Balaban J connectivity index is 1.67. The van der Waals surface area contributed by atoms with Crippen LogP contribution in [-0.4, -0.2) is 54.0 Å². The highest BCUT2D eigenvalue weighted by Crippen LogP contribution is 2.26. The summed E-state index contributed by atoms with van der Waals surface area (Å²) in [6.45, 7) is 2.42. The molecular weight excluding hydrogens is 366 g/mol. The number of benzene rings is 2. The largest absolute Gasteiger partial charge is 0.497 e. The number of ether oxygens (including phenoxy) is 2. The van der Waals surface area contributed by atoms with Crippen LogP contribution in [0.2, 0.25) is 0 Å². The van der Waals surface area contributed by atoms with Crippen molar-refractivity contribution >= 4 is 12.0 Å². The Morgan fingerprint density at radius 2 is 1.79 bits per heavy atom. The summed E-state index contributed by atoms with van der Waals surface area (Å²) in [5, 5.41) is 4.78. The van der Waals surface area contributed by atoms with Crippen molar-refractivity contribution in [1.29, 1.82) is 0 Å². The second-order valence-electron chi connectivity index (χ2n) is 6.71. The highest BCUT2D eigenvalue weighted by atomic mass is 16.5. The van der Waals surface area contributed by atoms with Gasteiger partial charge in [-0.3, -0.25) is 4.79 Å². The maximum Gasteiger partial charge on any atom is 0.246 e. The van der Waals surface area contributed by atoms with Crippen LogP contribution in [0.3, 0.4) is 0 Å². The maximum absolute atomic E-state index is 12.5. The number of amides is 1. The molecule has 29 heavy (non-hydrogen) atoms. The number of hydrogen-bond acceptors (Lipinski definition) is 4. The van der Waals surface area contributed by atoms with Gasteiger partial charge in [0.1, 0.15) is 5.75 Å². The average molecular weight is 389 g/mol. The number of methoxy groups -OCH3 is 1. The molecule has 1 amide bonds. The zero-order valence-corrected chi connectivity index (χ0v) is 16.3. The lowest BCUT2D eigenvalue weighted by atomic mass is 10.1. The van der Waals surface area contributed by atoms with Crippen molar-refractivity contribution in [3.8, 4) is 22.7 Å². The van der Waals surface area contributed by atoms with Crippen LogP contribution in [0.15, 0.2) is 66.9 Å². The highest BCUT2D eigenvalue weighted by molar-refractivity contribution is 5.93. The molecule has 1 saturated heterocycles. The Morgan fingerprint density at radius 1 is 1.07 bits per heavy atom. The summed E-state index contributed by atoms with van der Waals surface area (Å²) in [6, 6.07) is 17.7. The standard InChI is InChI=1S/C23H23N3O3/c1-28-21-10-7-18(8-11-21)23-19(9-12-22(27)25-13-15-29-16-14-25)17-26(24-23)20-5-3-2-4-6-20/h2-12,17H,13-16H2,1H3/b12-9+. The molecule has 6 nitrogen and oxygen atoms in total. The van der Waals surface area contributed by atoms with E-state index in [-0.39, 0.29) is 5.91 Å². The second kappa shape index (κ2) is 8.75. The van der Waals surface area contributed by atoms with Gasteiger partial charge in [0.05, 0.1) is 31.7 Å². The lowest BCUT2D eigenvalue weighted by Crippen LogP contribution is -2.39. The molecule has 2 aromatic carbocycles. The molecule has 2 heterocycles. The number of hydrogen-bond donors (Lipinski definition) is 0. The monoisotopic (exact) mass is 389 g/mol. The van der Waals surface area contributed by atoms with Crippen molar-refractivity contribution in [2.24, 2.45) is 0 Å². The summed E-state index contributed by atoms with van der Waals surface area (Å²) in [5.74, 6) is 0.775. The minimum Gasteiger partial charge on any atom is -0.497 e. The van der Waals surface area contributed by atoms with Crippen molar-refractivity contribution in [3.63, 3.8) is 0 Å². The first-order chi connectivity index (χ1) is 14.2. The number of carbonyl (C=O) groups excluding carboxylic acids is 1. The number of carbonyl (C=O) groups is 1. The third-order valence-electron chi connectivity index (χ3n) is 4.85. The Kier molecular flexibility index (Phi) is 5.72. The predicted molar refractivity (Wildman–Crippen MR) is 112 cm³/mol. The predicted octanol–water partition coefficient (Wildman–Crippen LogP) is 3.42. The van der Waals surface area contributed by atoms with E-state index in [9.17, 15) is 4.79 Å². The molecule has 1 aliphatic rings. The van der Waals surface area contributed by atoms with E-state index in [1.54, 1.807) is 18.1 Å². The zero-order valence-electron chi connectivity index (χ0n) is 16.3. The number of aromatic nitrogens is 2. The summed E-state index contributed by atoms with van der Waals surface area (Å²) in [5.41, 5.74) is 3.60. The van der Waals surface area contributed by atoms with Crippen molar-refractivity contribution < 1.29 is 14.3 Å². The van der Waals surface area contributed by atoms with Gasteiger partial charge in [-0.25, -0.2) is 4.68 Å². The number of morpholine rings is 1. The van der Waals surface area contributed by atoms with Crippen LogP contribution < -0.4 is 4.74 Å². The van der Waals surface area contributed by atoms with E-state index in [0.29, 0.717) is 26.3 Å². The topological polar surface area (TPSA) is 56.6 Å². The third-order valence-corrected chi connectivity index (χ3v) is 4.85. The van der Waals surface area contributed by atoms with Crippen LogP contribution in [0.1, 0.15) is 5.56 Å². The van der Waals surface area contributed by atoms with Gasteiger partial charge in [0.2, 0.25) is 5.91 Å². The molecule has 0 aliphatic carbocycles. The van der Waals surface area contributed by atoms with E-state index in [1.165, 1.54) is 0 Å². The quantitative estimate of drug-likeness (QED) is 0.628. The molecular formula is C23H23N3O3.